The first-order chi connectivity index (χ1) is 11.7. The lowest BCUT2D eigenvalue weighted by Gasteiger charge is -2.28. The average Bonchev–Trinajstić information content (AvgIpc) is 2.88. The largest absolute Gasteiger partial charge is 0.331 e. The fraction of sp³-hybridized carbons (Fsp3) is 0.400. The molecule has 4 nitrogen and oxygen atoms in total. The van der Waals surface area contributed by atoms with Crippen molar-refractivity contribution in [2.24, 2.45) is 0 Å². The molecular formula is C20H23N3O. The van der Waals surface area contributed by atoms with Gasteiger partial charge < -0.3 is 10.2 Å². The van der Waals surface area contributed by atoms with Gasteiger partial charge in [-0.1, -0.05) is 29.8 Å². The molecule has 124 valence electrons. The summed E-state index contributed by atoms with van der Waals surface area (Å²) < 4.78 is 0. The number of aromatic nitrogens is 1. The number of fused-ring (bicyclic) bond motifs is 2. The molecule has 1 amide bonds. The van der Waals surface area contributed by atoms with Crippen molar-refractivity contribution >= 4 is 5.91 Å². The second kappa shape index (κ2) is 6.36. The lowest BCUT2D eigenvalue weighted by molar-refractivity contribution is 0.0680. The van der Waals surface area contributed by atoms with Crippen molar-refractivity contribution in [1.82, 2.24) is 15.2 Å². The standard InChI is InChI=1S/C20H23N3O/c1-14-2-4-15(5-3-14)16-10-17(12-22-11-16)20(24)23-18-6-7-19(23)13-21-9-8-18/h2-5,10-12,18-19,21H,6-9,13H2,1H3. The summed E-state index contributed by atoms with van der Waals surface area (Å²) in [5.74, 6) is 0.132. The number of benzene rings is 1. The molecule has 24 heavy (non-hydrogen) atoms. The van der Waals surface area contributed by atoms with Gasteiger partial charge in [0.2, 0.25) is 0 Å². The number of carbonyl (C=O) groups excluding carboxylic acids is 1. The van der Waals surface area contributed by atoms with Gasteiger partial charge in [0.05, 0.1) is 5.56 Å². The molecule has 0 spiro atoms. The van der Waals surface area contributed by atoms with Crippen LogP contribution in [0.4, 0.5) is 0 Å². The second-order valence-electron chi connectivity index (χ2n) is 6.92. The third-order valence-electron chi connectivity index (χ3n) is 5.26. The van der Waals surface area contributed by atoms with Gasteiger partial charge in [-0.2, -0.15) is 0 Å². The molecule has 2 aliphatic heterocycles. The number of nitrogens with zero attached hydrogens (tertiary/aromatic N) is 2. The van der Waals surface area contributed by atoms with Crippen LogP contribution in [0.15, 0.2) is 42.7 Å². The van der Waals surface area contributed by atoms with Gasteiger partial charge >= 0.3 is 0 Å². The average molecular weight is 321 g/mol. The Hall–Kier alpha value is -2.20. The highest BCUT2D eigenvalue weighted by molar-refractivity contribution is 5.95. The minimum atomic E-state index is 0.132. The predicted octanol–water partition coefficient (Wildman–Crippen LogP) is 3.02. The number of hydrogen-bond donors (Lipinski definition) is 1. The van der Waals surface area contributed by atoms with Crippen LogP contribution in [0.5, 0.6) is 0 Å². The molecule has 1 N–H and O–H groups in total. The third-order valence-corrected chi connectivity index (χ3v) is 5.26. The fourth-order valence-electron chi connectivity index (χ4n) is 3.92. The lowest BCUT2D eigenvalue weighted by atomic mass is 10.0. The topological polar surface area (TPSA) is 45.2 Å². The normalized spacial score (nSPS) is 23.1. The fourth-order valence-corrected chi connectivity index (χ4v) is 3.92. The zero-order valence-electron chi connectivity index (χ0n) is 14.0. The molecular weight excluding hydrogens is 298 g/mol. The molecule has 0 aliphatic carbocycles. The van der Waals surface area contributed by atoms with Gasteiger partial charge in [0, 0.05) is 36.6 Å². The highest BCUT2D eigenvalue weighted by Gasteiger charge is 2.38. The van der Waals surface area contributed by atoms with E-state index in [2.05, 4.69) is 46.4 Å². The zero-order chi connectivity index (χ0) is 16.5. The Morgan fingerprint density at radius 3 is 2.71 bits per heavy atom. The van der Waals surface area contributed by atoms with Gasteiger partial charge in [-0.05, 0) is 44.4 Å². The Morgan fingerprint density at radius 1 is 1.08 bits per heavy atom. The molecule has 1 aromatic heterocycles. The third kappa shape index (κ3) is 2.82. The lowest BCUT2D eigenvalue weighted by Crippen LogP contribution is -2.42. The number of nitrogens with one attached hydrogen (secondary N) is 1. The molecule has 0 saturated carbocycles. The molecule has 2 bridgehead atoms. The number of pyridine rings is 1. The molecule has 4 rings (SSSR count). The van der Waals surface area contributed by atoms with Crippen LogP contribution in [0.2, 0.25) is 0 Å². The van der Waals surface area contributed by atoms with Crippen molar-refractivity contribution in [3.05, 3.63) is 53.9 Å². The minimum Gasteiger partial charge on any atom is -0.331 e. The molecule has 2 atom stereocenters. The van der Waals surface area contributed by atoms with Crippen LogP contribution < -0.4 is 5.32 Å². The van der Waals surface area contributed by atoms with Crippen molar-refractivity contribution in [3.63, 3.8) is 0 Å². The summed E-state index contributed by atoms with van der Waals surface area (Å²) in [6, 6.07) is 11.0. The van der Waals surface area contributed by atoms with Gasteiger partial charge in [-0.3, -0.25) is 9.78 Å². The maximum Gasteiger partial charge on any atom is 0.255 e. The number of carbonyl (C=O) groups is 1. The number of hydrogen-bond acceptors (Lipinski definition) is 3. The van der Waals surface area contributed by atoms with Gasteiger partial charge in [-0.25, -0.2) is 0 Å². The second-order valence-corrected chi connectivity index (χ2v) is 6.92. The smallest absolute Gasteiger partial charge is 0.255 e. The van der Waals surface area contributed by atoms with Crippen LogP contribution in [-0.4, -0.2) is 41.0 Å². The van der Waals surface area contributed by atoms with Crippen LogP contribution in [0, 0.1) is 6.92 Å². The maximum absolute atomic E-state index is 13.1. The van der Waals surface area contributed by atoms with Crippen molar-refractivity contribution in [2.75, 3.05) is 13.1 Å². The Bertz CT molecular complexity index is 727. The monoisotopic (exact) mass is 321 g/mol. The van der Waals surface area contributed by atoms with Crippen LogP contribution in [0.1, 0.15) is 35.2 Å². The summed E-state index contributed by atoms with van der Waals surface area (Å²) in [6.45, 7) is 3.99. The molecule has 1 aromatic carbocycles. The van der Waals surface area contributed by atoms with E-state index in [1.165, 1.54) is 5.56 Å². The summed E-state index contributed by atoms with van der Waals surface area (Å²) in [5, 5.41) is 3.45. The van der Waals surface area contributed by atoms with E-state index in [0.29, 0.717) is 17.6 Å². The van der Waals surface area contributed by atoms with E-state index < -0.39 is 0 Å². The highest BCUT2D eigenvalue weighted by atomic mass is 16.2. The van der Waals surface area contributed by atoms with Gasteiger partial charge in [0.15, 0.2) is 0 Å². The molecule has 2 unspecified atom stereocenters. The van der Waals surface area contributed by atoms with E-state index in [1.807, 2.05) is 12.3 Å². The SMILES string of the molecule is Cc1ccc(-c2cncc(C(=O)N3C4CCNCC3CC4)c2)cc1. The van der Waals surface area contributed by atoms with E-state index in [0.717, 1.165) is 43.5 Å². The molecule has 3 heterocycles. The first-order valence-electron chi connectivity index (χ1n) is 8.78. The zero-order valence-corrected chi connectivity index (χ0v) is 14.0. The summed E-state index contributed by atoms with van der Waals surface area (Å²) in [7, 11) is 0. The van der Waals surface area contributed by atoms with Crippen molar-refractivity contribution in [3.8, 4) is 11.1 Å². The molecule has 0 radical (unpaired) electrons. The highest BCUT2D eigenvalue weighted by Crippen LogP contribution is 2.30. The van der Waals surface area contributed by atoms with Crippen molar-refractivity contribution in [2.45, 2.75) is 38.3 Å². The Balaban J connectivity index is 1.63. The van der Waals surface area contributed by atoms with Crippen LogP contribution in [0.25, 0.3) is 11.1 Å². The summed E-state index contributed by atoms with van der Waals surface area (Å²) in [4.78, 5) is 19.5. The van der Waals surface area contributed by atoms with Gasteiger partial charge in [-0.15, -0.1) is 0 Å². The van der Waals surface area contributed by atoms with E-state index in [4.69, 9.17) is 0 Å². The van der Waals surface area contributed by atoms with Crippen LogP contribution in [0.3, 0.4) is 0 Å². The maximum atomic E-state index is 13.1. The Labute approximate surface area is 142 Å². The van der Waals surface area contributed by atoms with E-state index in [9.17, 15) is 4.79 Å². The molecule has 2 fully saturated rings. The number of rotatable bonds is 2. The molecule has 2 aromatic rings. The van der Waals surface area contributed by atoms with Gasteiger partial charge in [0.25, 0.3) is 5.91 Å². The van der Waals surface area contributed by atoms with Crippen molar-refractivity contribution in [1.29, 1.82) is 0 Å². The van der Waals surface area contributed by atoms with Gasteiger partial charge in [0.1, 0.15) is 0 Å². The summed E-state index contributed by atoms with van der Waals surface area (Å²) in [6.07, 6.45) is 6.82. The predicted molar refractivity (Wildman–Crippen MR) is 94.9 cm³/mol. The molecule has 4 heteroatoms. The Morgan fingerprint density at radius 2 is 1.88 bits per heavy atom. The number of aryl methyl sites for hydroxylation is 1. The van der Waals surface area contributed by atoms with Crippen LogP contribution >= 0.6 is 0 Å². The quantitative estimate of drug-likeness (QED) is 0.925. The first kappa shape index (κ1) is 15.3. The first-order valence-corrected chi connectivity index (χ1v) is 8.78. The molecule has 2 saturated heterocycles. The number of amides is 1. The molecule has 2 aliphatic rings. The van der Waals surface area contributed by atoms with E-state index in [-0.39, 0.29) is 5.91 Å². The van der Waals surface area contributed by atoms with Crippen LogP contribution in [-0.2, 0) is 0 Å². The van der Waals surface area contributed by atoms with E-state index >= 15 is 0 Å². The van der Waals surface area contributed by atoms with Crippen molar-refractivity contribution < 1.29 is 4.79 Å². The van der Waals surface area contributed by atoms with E-state index in [1.54, 1.807) is 6.20 Å². The Kier molecular flexibility index (Phi) is 4.07. The summed E-state index contributed by atoms with van der Waals surface area (Å²) >= 11 is 0. The minimum absolute atomic E-state index is 0.132. The summed E-state index contributed by atoms with van der Waals surface area (Å²) in [5.41, 5.74) is 4.03.